The van der Waals surface area contributed by atoms with Crippen molar-refractivity contribution < 1.29 is 9.50 Å². The third kappa shape index (κ3) is 2.91. The van der Waals surface area contributed by atoms with Crippen molar-refractivity contribution in [3.05, 3.63) is 34.6 Å². The van der Waals surface area contributed by atoms with E-state index in [2.05, 4.69) is 0 Å². The van der Waals surface area contributed by atoms with Crippen LogP contribution in [0.25, 0.3) is 0 Å². The summed E-state index contributed by atoms with van der Waals surface area (Å²) in [7, 11) is 0. The summed E-state index contributed by atoms with van der Waals surface area (Å²) in [6.45, 7) is 3.72. The minimum Gasteiger partial charge on any atom is -0.391 e. The zero-order valence-electron chi connectivity index (χ0n) is 8.74. The summed E-state index contributed by atoms with van der Waals surface area (Å²) in [5.74, 6) is -0.487. The quantitative estimate of drug-likeness (QED) is 0.840. The molecule has 2 atom stereocenters. The highest BCUT2D eigenvalue weighted by molar-refractivity contribution is 6.30. The first kappa shape index (κ1) is 12.4. The summed E-state index contributed by atoms with van der Waals surface area (Å²) in [6, 6.07) is 3.75. The summed E-state index contributed by atoms with van der Waals surface area (Å²) in [5, 5.41) is 9.79. The summed E-state index contributed by atoms with van der Waals surface area (Å²) in [4.78, 5) is 0. The number of nitrogens with two attached hydrogens (primary N) is 1. The molecule has 1 aromatic rings. The third-order valence-corrected chi connectivity index (χ3v) is 2.69. The van der Waals surface area contributed by atoms with Crippen LogP contribution >= 0.6 is 11.6 Å². The van der Waals surface area contributed by atoms with Crippen LogP contribution in [0.15, 0.2) is 18.2 Å². The van der Waals surface area contributed by atoms with Gasteiger partial charge in [0.2, 0.25) is 0 Å². The molecule has 0 radical (unpaired) electrons. The van der Waals surface area contributed by atoms with Crippen LogP contribution in [0.4, 0.5) is 4.39 Å². The lowest BCUT2D eigenvalue weighted by Gasteiger charge is -2.22. The van der Waals surface area contributed by atoms with Gasteiger partial charge < -0.3 is 10.8 Å². The molecule has 0 aliphatic rings. The highest BCUT2D eigenvalue weighted by Crippen LogP contribution is 2.23. The van der Waals surface area contributed by atoms with Crippen molar-refractivity contribution in [3.8, 4) is 0 Å². The number of aliphatic hydroxyl groups excluding tert-OH is 1. The Balaban J connectivity index is 2.91. The van der Waals surface area contributed by atoms with E-state index in [-0.39, 0.29) is 10.9 Å². The maximum absolute atomic E-state index is 13.1. The Morgan fingerprint density at radius 1 is 1.40 bits per heavy atom. The lowest BCUT2D eigenvalue weighted by atomic mass is 9.94. The van der Waals surface area contributed by atoms with Gasteiger partial charge in [0.25, 0.3) is 0 Å². The van der Waals surface area contributed by atoms with Crippen molar-refractivity contribution in [3.63, 3.8) is 0 Å². The number of halogens is 2. The molecular weight excluding hydrogens is 217 g/mol. The molecule has 0 unspecified atom stereocenters. The van der Waals surface area contributed by atoms with E-state index in [1.165, 1.54) is 12.1 Å². The highest BCUT2D eigenvalue weighted by atomic mass is 35.5. The lowest BCUT2D eigenvalue weighted by Crippen LogP contribution is -2.30. The topological polar surface area (TPSA) is 46.2 Å². The molecule has 84 valence electrons. The highest BCUT2D eigenvalue weighted by Gasteiger charge is 2.20. The zero-order chi connectivity index (χ0) is 11.6. The van der Waals surface area contributed by atoms with Gasteiger partial charge in [-0.2, -0.15) is 0 Å². The number of benzene rings is 1. The molecule has 0 amide bonds. The van der Waals surface area contributed by atoms with E-state index >= 15 is 0 Å². The van der Waals surface area contributed by atoms with Gasteiger partial charge in [-0.1, -0.05) is 31.5 Å². The van der Waals surface area contributed by atoms with Crippen LogP contribution in [-0.4, -0.2) is 11.2 Å². The van der Waals surface area contributed by atoms with Gasteiger partial charge in [-0.25, -0.2) is 4.39 Å². The second-order valence-electron chi connectivity index (χ2n) is 3.93. The molecular formula is C11H15ClFNO. The number of hydrogen-bond donors (Lipinski definition) is 2. The Kier molecular flexibility index (Phi) is 4.08. The average molecular weight is 232 g/mol. The molecule has 0 fully saturated rings. The molecule has 0 saturated carbocycles. The smallest absolute Gasteiger partial charge is 0.142 e. The Bertz CT molecular complexity index is 343. The standard InChI is InChI=1S/C11H15ClFNO/c1-6(2)11(15)10(14)7-3-4-8(12)9(13)5-7/h3-6,10-11,15H,14H2,1-2H3/t10-,11+/m0/s1. The average Bonchev–Trinajstić information content (AvgIpc) is 2.19. The van der Waals surface area contributed by atoms with E-state index in [4.69, 9.17) is 17.3 Å². The van der Waals surface area contributed by atoms with Crippen LogP contribution < -0.4 is 5.73 Å². The summed E-state index contributed by atoms with van der Waals surface area (Å²) < 4.78 is 13.1. The van der Waals surface area contributed by atoms with Gasteiger partial charge in [-0.15, -0.1) is 0 Å². The monoisotopic (exact) mass is 231 g/mol. The molecule has 0 aliphatic carbocycles. The molecule has 0 saturated heterocycles. The van der Waals surface area contributed by atoms with Crippen molar-refractivity contribution >= 4 is 11.6 Å². The first-order valence-electron chi connectivity index (χ1n) is 4.82. The van der Waals surface area contributed by atoms with Crippen molar-refractivity contribution in [2.45, 2.75) is 26.0 Å². The van der Waals surface area contributed by atoms with E-state index in [0.717, 1.165) is 0 Å². The predicted octanol–water partition coefficient (Wildman–Crippen LogP) is 2.50. The van der Waals surface area contributed by atoms with Gasteiger partial charge in [0.1, 0.15) is 5.82 Å². The Hall–Kier alpha value is -0.640. The van der Waals surface area contributed by atoms with Crippen molar-refractivity contribution in [2.24, 2.45) is 11.7 Å². The fourth-order valence-electron chi connectivity index (χ4n) is 1.33. The molecule has 0 aromatic heterocycles. The summed E-state index contributed by atoms with van der Waals surface area (Å²) >= 11 is 5.55. The maximum atomic E-state index is 13.1. The Labute approximate surface area is 93.9 Å². The minimum atomic E-state index is -0.689. The van der Waals surface area contributed by atoms with E-state index in [1.54, 1.807) is 6.07 Å². The van der Waals surface area contributed by atoms with E-state index in [9.17, 15) is 9.50 Å². The third-order valence-electron chi connectivity index (χ3n) is 2.38. The number of hydrogen-bond acceptors (Lipinski definition) is 2. The second kappa shape index (κ2) is 4.92. The molecule has 1 aromatic carbocycles. The zero-order valence-corrected chi connectivity index (χ0v) is 9.50. The second-order valence-corrected chi connectivity index (χ2v) is 4.34. The molecule has 4 heteroatoms. The summed E-state index contributed by atoms with van der Waals surface area (Å²) in [5.41, 5.74) is 6.35. The van der Waals surface area contributed by atoms with E-state index in [1.807, 2.05) is 13.8 Å². The molecule has 1 rings (SSSR count). The van der Waals surface area contributed by atoms with Gasteiger partial charge in [-0.3, -0.25) is 0 Å². The maximum Gasteiger partial charge on any atom is 0.142 e. The molecule has 0 spiro atoms. The van der Waals surface area contributed by atoms with Gasteiger partial charge in [0, 0.05) is 0 Å². The normalized spacial score (nSPS) is 15.4. The van der Waals surface area contributed by atoms with Crippen molar-refractivity contribution in [1.29, 1.82) is 0 Å². The largest absolute Gasteiger partial charge is 0.391 e. The van der Waals surface area contributed by atoms with Crippen LogP contribution in [0.2, 0.25) is 5.02 Å². The van der Waals surface area contributed by atoms with Crippen LogP contribution in [0.3, 0.4) is 0 Å². The van der Waals surface area contributed by atoms with Crippen LogP contribution in [0.1, 0.15) is 25.5 Å². The molecule has 0 aliphatic heterocycles. The summed E-state index contributed by atoms with van der Waals surface area (Å²) in [6.07, 6.45) is -0.689. The first-order chi connectivity index (χ1) is 6.93. The SMILES string of the molecule is CC(C)[C@@H](O)[C@@H](N)c1ccc(Cl)c(F)c1. The van der Waals surface area contributed by atoms with Crippen LogP contribution in [0, 0.1) is 11.7 Å². The molecule has 0 heterocycles. The van der Waals surface area contributed by atoms with Crippen molar-refractivity contribution in [1.82, 2.24) is 0 Å². The van der Waals surface area contributed by atoms with Crippen molar-refractivity contribution in [2.75, 3.05) is 0 Å². The van der Waals surface area contributed by atoms with Gasteiger partial charge in [-0.05, 0) is 23.6 Å². The molecule has 3 N–H and O–H groups in total. The van der Waals surface area contributed by atoms with Crippen LogP contribution in [-0.2, 0) is 0 Å². The lowest BCUT2D eigenvalue weighted by molar-refractivity contribution is 0.0978. The van der Waals surface area contributed by atoms with E-state index < -0.39 is 18.0 Å². The minimum absolute atomic E-state index is 0.0266. The van der Waals surface area contributed by atoms with Crippen LogP contribution in [0.5, 0.6) is 0 Å². The predicted molar refractivity (Wildman–Crippen MR) is 59.2 cm³/mol. The Morgan fingerprint density at radius 2 is 2.00 bits per heavy atom. The van der Waals surface area contributed by atoms with Gasteiger partial charge >= 0.3 is 0 Å². The van der Waals surface area contributed by atoms with E-state index in [0.29, 0.717) is 5.56 Å². The Morgan fingerprint density at radius 3 is 2.47 bits per heavy atom. The number of aliphatic hydroxyl groups is 1. The number of rotatable bonds is 3. The van der Waals surface area contributed by atoms with Gasteiger partial charge in [0.05, 0.1) is 17.2 Å². The molecule has 2 nitrogen and oxygen atoms in total. The van der Waals surface area contributed by atoms with Gasteiger partial charge in [0.15, 0.2) is 0 Å². The first-order valence-corrected chi connectivity index (χ1v) is 5.20. The molecule has 0 bridgehead atoms. The molecule has 15 heavy (non-hydrogen) atoms. The fourth-order valence-corrected chi connectivity index (χ4v) is 1.45. The fraction of sp³-hybridized carbons (Fsp3) is 0.455.